The monoisotopic (exact) mass is 443 g/mol. The van der Waals surface area contributed by atoms with Crippen molar-refractivity contribution in [3.8, 4) is 0 Å². The number of carbonyl (C=O) groups excluding carboxylic acids is 2. The molecule has 0 bridgehead atoms. The van der Waals surface area contributed by atoms with Crippen molar-refractivity contribution < 1.29 is 14.3 Å². The number of carbonyl (C=O) groups is 2. The molecule has 1 aliphatic rings. The molecule has 0 aromatic carbocycles. The third kappa shape index (κ3) is 4.12. The SMILES string of the molecule is CCC(C)OC(=O)c1c(NC(=O)Cn2cnc3c(cnn3C)c2=O)sc2c1CCCC2. The van der Waals surface area contributed by atoms with Crippen LogP contribution in [-0.2, 0) is 36.0 Å². The maximum atomic E-state index is 12.9. The summed E-state index contributed by atoms with van der Waals surface area (Å²) in [6.45, 7) is 3.59. The minimum Gasteiger partial charge on any atom is -0.459 e. The quantitative estimate of drug-likeness (QED) is 0.587. The average Bonchev–Trinajstić information content (AvgIpc) is 3.30. The molecule has 31 heavy (non-hydrogen) atoms. The van der Waals surface area contributed by atoms with E-state index in [4.69, 9.17) is 4.74 Å². The number of nitrogens with zero attached hydrogens (tertiary/aromatic N) is 4. The Morgan fingerprint density at radius 2 is 2.10 bits per heavy atom. The zero-order chi connectivity index (χ0) is 22.1. The van der Waals surface area contributed by atoms with Gasteiger partial charge in [0.1, 0.15) is 23.3 Å². The first-order chi connectivity index (χ1) is 14.9. The Labute approximate surface area is 183 Å². The van der Waals surface area contributed by atoms with E-state index in [-0.39, 0.29) is 18.2 Å². The molecule has 1 aliphatic carbocycles. The van der Waals surface area contributed by atoms with Crippen molar-refractivity contribution in [2.24, 2.45) is 7.05 Å². The Balaban J connectivity index is 1.59. The number of esters is 1. The van der Waals surface area contributed by atoms with Crippen LogP contribution in [0.15, 0.2) is 17.3 Å². The molecule has 0 spiro atoms. The van der Waals surface area contributed by atoms with E-state index in [2.05, 4.69) is 15.4 Å². The number of anilines is 1. The Kier molecular flexibility index (Phi) is 5.90. The highest BCUT2D eigenvalue weighted by Gasteiger charge is 2.28. The van der Waals surface area contributed by atoms with E-state index >= 15 is 0 Å². The van der Waals surface area contributed by atoms with Crippen molar-refractivity contribution in [3.05, 3.63) is 38.9 Å². The van der Waals surface area contributed by atoms with Crippen molar-refractivity contribution in [1.29, 1.82) is 0 Å². The van der Waals surface area contributed by atoms with Crippen LogP contribution in [0.4, 0.5) is 5.00 Å². The Morgan fingerprint density at radius 1 is 1.32 bits per heavy atom. The molecule has 0 saturated heterocycles. The molecule has 1 unspecified atom stereocenters. The minimum absolute atomic E-state index is 0.203. The number of hydrogen-bond acceptors (Lipinski definition) is 7. The third-order valence-corrected chi connectivity index (χ3v) is 6.75. The van der Waals surface area contributed by atoms with Crippen LogP contribution in [0, 0.1) is 0 Å². The van der Waals surface area contributed by atoms with Gasteiger partial charge in [0.25, 0.3) is 5.56 Å². The second-order valence-electron chi connectivity index (χ2n) is 7.77. The summed E-state index contributed by atoms with van der Waals surface area (Å²) in [5.74, 6) is -0.803. The smallest absolute Gasteiger partial charge is 0.341 e. The van der Waals surface area contributed by atoms with E-state index < -0.39 is 11.9 Å². The number of aryl methyl sites for hydroxylation is 2. The van der Waals surface area contributed by atoms with Gasteiger partial charge < -0.3 is 10.1 Å². The lowest BCUT2D eigenvalue weighted by molar-refractivity contribution is -0.116. The van der Waals surface area contributed by atoms with E-state index in [1.165, 1.54) is 33.1 Å². The van der Waals surface area contributed by atoms with Gasteiger partial charge in [-0.1, -0.05) is 6.92 Å². The first kappa shape index (κ1) is 21.2. The minimum atomic E-state index is -0.403. The van der Waals surface area contributed by atoms with Gasteiger partial charge in [-0.2, -0.15) is 5.10 Å². The number of fused-ring (bicyclic) bond motifs is 2. The number of hydrogen-bond donors (Lipinski definition) is 1. The molecule has 1 amide bonds. The van der Waals surface area contributed by atoms with E-state index in [9.17, 15) is 14.4 Å². The van der Waals surface area contributed by atoms with Crippen LogP contribution in [0.1, 0.15) is 53.9 Å². The number of ether oxygens (including phenoxy) is 1. The van der Waals surface area contributed by atoms with Gasteiger partial charge in [-0.05, 0) is 44.6 Å². The molecule has 3 aromatic heterocycles. The van der Waals surface area contributed by atoms with Gasteiger partial charge in [-0.3, -0.25) is 18.8 Å². The second-order valence-corrected chi connectivity index (χ2v) is 8.88. The fraction of sp³-hybridized carbons (Fsp3) is 0.476. The Bertz CT molecular complexity index is 1210. The largest absolute Gasteiger partial charge is 0.459 e. The summed E-state index contributed by atoms with van der Waals surface area (Å²) in [4.78, 5) is 43.6. The summed E-state index contributed by atoms with van der Waals surface area (Å²) in [6.07, 6.45) is 7.05. The van der Waals surface area contributed by atoms with Crippen molar-refractivity contribution in [3.63, 3.8) is 0 Å². The molecule has 0 fully saturated rings. The van der Waals surface area contributed by atoms with Gasteiger partial charge in [0.05, 0.1) is 17.9 Å². The number of thiophene rings is 1. The summed E-state index contributed by atoms with van der Waals surface area (Å²) in [6, 6.07) is 0. The summed E-state index contributed by atoms with van der Waals surface area (Å²) >= 11 is 1.42. The first-order valence-electron chi connectivity index (χ1n) is 10.4. The lowest BCUT2D eigenvalue weighted by atomic mass is 9.95. The number of amides is 1. The van der Waals surface area contributed by atoms with E-state index in [1.54, 1.807) is 7.05 Å². The van der Waals surface area contributed by atoms with Crippen molar-refractivity contribution in [1.82, 2.24) is 19.3 Å². The highest BCUT2D eigenvalue weighted by Crippen LogP contribution is 2.38. The molecule has 0 radical (unpaired) electrons. The predicted molar refractivity (Wildman–Crippen MR) is 118 cm³/mol. The lowest BCUT2D eigenvalue weighted by Crippen LogP contribution is -2.28. The highest BCUT2D eigenvalue weighted by molar-refractivity contribution is 7.17. The van der Waals surface area contributed by atoms with Crippen LogP contribution in [0.25, 0.3) is 11.0 Å². The van der Waals surface area contributed by atoms with Gasteiger partial charge in [-0.25, -0.2) is 9.78 Å². The zero-order valence-electron chi connectivity index (χ0n) is 17.8. The standard InChI is InChI=1S/C21H25N5O4S/c1-4-12(2)30-21(29)17-13-7-5-6-8-15(13)31-19(17)24-16(27)10-26-11-22-18-14(20(26)28)9-23-25(18)3/h9,11-12H,4-8,10H2,1-3H3,(H,24,27). The second kappa shape index (κ2) is 8.62. The number of aromatic nitrogens is 4. The molecular weight excluding hydrogens is 418 g/mol. The normalized spacial score (nSPS) is 14.3. The van der Waals surface area contributed by atoms with Crippen molar-refractivity contribution in [2.45, 2.75) is 58.6 Å². The fourth-order valence-corrected chi connectivity index (χ4v) is 4.99. The maximum Gasteiger partial charge on any atom is 0.341 e. The molecule has 10 heteroatoms. The molecule has 0 saturated carbocycles. The van der Waals surface area contributed by atoms with Crippen LogP contribution in [0.3, 0.4) is 0 Å². The summed E-state index contributed by atoms with van der Waals surface area (Å²) in [5.41, 5.74) is 1.56. The molecule has 0 aliphatic heterocycles. The molecule has 9 nitrogen and oxygen atoms in total. The predicted octanol–water partition coefficient (Wildman–Crippen LogP) is 2.66. The van der Waals surface area contributed by atoms with E-state index in [1.807, 2.05) is 13.8 Å². The summed E-state index contributed by atoms with van der Waals surface area (Å²) in [7, 11) is 1.70. The van der Waals surface area contributed by atoms with Gasteiger partial charge >= 0.3 is 5.97 Å². The molecule has 164 valence electrons. The topological polar surface area (TPSA) is 108 Å². The highest BCUT2D eigenvalue weighted by atomic mass is 32.1. The van der Waals surface area contributed by atoms with Crippen molar-refractivity contribution >= 4 is 39.2 Å². The summed E-state index contributed by atoms with van der Waals surface area (Å²) < 4.78 is 8.31. The van der Waals surface area contributed by atoms with Gasteiger partial charge in [0.2, 0.25) is 5.91 Å². The molecule has 3 heterocycles. The van der Waals surface area contributed by atoms with Crippen molar-refractivity contribution in [2.75, 3.05) is 5.32 Å². The van der Waals surface area contributed by atoms with Gasteiger partial charge in [0, 0.05) is 11.9 Å². The molecule has 1 atom stereocenters. The lowest BCUT2D eigenvalue weighted by Gasteiger charge is -2.15. The van der Waals surface area contributed by atoms with Crippen LogP contribution in [0.5, 0.6) is 0 Å². The Morgan fingerprint density at radius 3 is 2.87 bits per heavy atom. The van der Waals surface area contributed by atoms with Crippen LogP contribution in [0.2, 0.25) is 0 Å². The number of rotatable bonds is 6. The molecule has 3 aromatic rings. The summed E-state index contributed by atoms with van der Waals surface area (Å²) in [5, 5.41) is 7.72. The van der Waals surface area contributed by atoms with Crippen LogP contribution < -0.4 is 10.9 Å². The number of nitrogens with one attached hydrogen (secondary N) is 1. The van der Waals surface area contributed by atoms with Crippen LogP contribution >= 0.6 is 11.3 Å². The fourth-order valence-electron chi connectivity index (χ4n) is 3.69. The molecule has 1 N–H and O–H groups in total. The average molecular weight is 444 g/mol. The zero-order valence-corrected chi connectivity index (χ0v) is 18.6. The third-order valence-electron chi connectivity index (χ3n) is 5.54. The van der Waals surface area contributed by atoms with E-state index in [0.717, 1.165) is 36.1 Å². The first-order valence-corrected chi connectivity index (χ1v) is 11.2. The maximum absolute atomic E-state index is 12.9. The van der Waals surface area contributed by atoms with Crippen LogP contribution in [-0.4, -0.2) is 37.3 Å². The molecular formula is C21H25N5O4S. The van der Waals surface area contributed by atoms with Gasteiger partial charge in [-0.15, -0.1) is 11.3 Å². The Hall–Kier alpha value is -3.01. The van der Waals surface area contributed by atoms with Gasteiger partial charge in [0.15, 0.2) is 5.65 Å². The van der Waals surface area contributed by atoms with E-state index in [0.29, 0.717) is 28.0 Å². The molecule has 4 rings (SSSR count).